The summed E-state index contributed by atoms with van der Waals surface area (Å²) in [5, 5.41) is 17.9. The Morgan fingerprint density at radius 1 is 1.29 bits per heavy atom. The maximum absolute atomic E-state index is 11.4. The maximum atomic E-state index is 11.4. The topological polar surface area (TPSA) is 70.0 Å². The van der Waals surface area contributed by atoms with Crippen molar-refractivity contribution < 1.29 is 19.7 Å². The van der Waals surface area contributed by atoms with E-state index >= 15 is 0 Å². The van der Waals surface area contributed by atoms with Gasteiger partial charge in [0, 0.05) is 18.8 Å². The van der Waals surface area contributed by atoms with Gasteiger partial charge in [-0.1, -0.05) is 6.07 Å². The number of carbonyl (C=O) groups is 1. The van der Waals surface area contributed by atoms with Crippen molar-refractivity contribution in [3.63, 3.8) is 0 Å². The number of hydrogen-bond donors (Lipinski definition) is 2. The summed E-state index contributed by atoms with van der Waals surface area (Å²) in [6.07, 6.45) is 0. The van der Waals surface area contributed by atoms with E-state index in [1.165, 1.54) is 7.11 Å². The van der Waals surface area contributed by atoms with Crippen molar-refractivity contribution in [3.05, 3.63) is 29.8 Å². The van der Waals surface area contributed by atoms with E-state index in [1.54, 1.807) is 23.1 Å². The normalized spacial score (nSPS) is 10.1. The summed E-state index contributed by atoms with van der Waals surface area (Å²) in [4.78, 5) is 13.2. The van der Waals surface area contributed by atoms with Crippen LogP contribution in [-0.4, -0.2) is 49.6 Å². The lowest BCUT2D eigenvalue weighted by molar-refractivity contribution is 0.0601. The zero-order valence-corrected chi connectivity index (χ0v) is 9.80. The Morgan fingerprint density at radius 3 is 2.47 bits per heavy atom. The van der Waals surface area contributed by atoms with Crippen molar-refractivity contribution in [2.45, 2.75) is 0 Å². The van der Waals surface area contributed by atoms with Gasteiger partial charge in [-0.2, -0.15) is 0 Å². The first kappa shape index (κ1) is 13.5. The minimum absolute atomic E-state index is 0.0115. The van der Waals surface area contributed by atoms with E-state index in [0.717, 1.165) is 5.69 Å². The lowest BCUT2D eigenvalue weighted by Gasteiger charge is -2.23. The van der Waals surface area contributed by atoms with Gasteiger partial charge in [-0.15, -0.1) is 0 Å². The molecule has 5 heteroatoms. The van der Waals surface area contributed by atoms with Crippen LogP contribution in [0.2, 0.25) is 0 Å². The minimum Gasteiger partial charge on any atom is -0.465 e. The zero-order chi connectivity index (χ0) is 12.7. The summed E-state index contributed by atoms with van der Waals surface area (Å²) in [7, 11) is 1.33. The first-order chi connectivity index (χ1) is 8.22. The van der Waals surface area contributed by atoms with E-state index in [4.69, 9.17) is 10.2 Å². The summed E-state index contributed by atoms with van der Waals surface area (Å²) >= 11 is 0. The number of rotatable bonds is 6. The van der Waals surface area contributed by atoms with Gasteiger partial charge in [0.05, 0.1) is 25.9 Å². The Bertz CT molecular complexity index is 361. The van der Waals surface area contributed by atoms with Gasteiger partial charge in [0.25, 0.3) is 0 Å². The second-order valence-corrected chi connectivity index (χ2v) is 3.48. The Labute approximate surface area is 100 Å². The molecule has 0 aliphatic heterocycles. The summed E-state index contributed by atoms with van der Waals surface area (Å²) in [6, 6.07) is 6.89. The molecule has 1 rings (SSSR count). The Hall–Kier alpha value is -1.59. The Morgan fingerprint density at radius 2 is 1.94 bits per heavy atom. The van der Waals surface area contributed by atoms with Gasteiger partial charge in [-0.05, 0) is 18.2 Å². The molecule has 0 atom stereocenters. The van der Waals surface area contributed by atoms with Gasteiger partial charge < -0.3 is 19.8 Å². The molecule has 17 heavy (non-hydrogen) atoms. The fourth-order valence-corrected chi connectivity index (χ4v) is 1.56. The third kappa shape index (κ3) is 3.72. The molecule has 0 heterocycles. The van der Waals surface area contributed by atoms with Gasteiger partial charge in [-0.25, -0.2) is 4.79 Å². The molecule has 5 nitrogen and oxygen atoms in total. The number of esters is 1. The van der Waals surface area contributed by atoms with Crippen LogP contribution >= 0.6 is 0 Å². The summed E-state index contributed by atoms with van der Waals surface area (Å²) < 4.78 is 4.63. The van der Waals surface area contributed by atoms with E-state index in [1.807, 2.05) is 6.07 Å². The lowest BCUT2D eigenvalue weighted by Crippen LogP contribution is -2.29. The fourth-order valence-electron chi connectivity index (χ4n) is 1.56. The number of ether oxygens (including phenoxy) is 1. The number of methoxy groups -OCH3 is 1. The molecule has 94 valence electrons. The third-order valence-corrected chi connectivity index (χ3v) is 2.37. The van der Waals surface area contributed by atoms with Crippen molar-refractivity contribution in [3.8, 4) is 0 Å². The fraction of sp³-hybridized carbons (Fsp3) is 0.417. The van der Waals surface area contributed by atoms with Crippen LogP contribution in [0, 0.1) is 0 Å². The summed E-state index contributed by atoms with van der Waals surface area (Å²) in [6.45, 7) is 0.793. The van der Waals surface area contributed by atoms with Gasteiger partial charge in [-0.3, -0.25) is 0 Å². The molecule has 0 bridgehead atoms. The van der Waals surface area contributed by atoms with Gasteiger partial charge in [0.1, 0.15) is 0 Å². The van der Waals surface area contributed by atoms with Crippen LogP contribution in [0.4, 0.5) is 5.69 Å². The highest BCUT2D eigenvalue weighted by Gasteiger charge is 2.09. The summed E-state index contributed by atoms with van der Waals surface area (Å²) in [5.41, 5.74) is 1.22. The molecule has 0 aromatic heterocycles. The number of anilines is 1. The van der Waals surface area contributed by atoms with Crippen molar-refractivity contribution in [2.24, 2.45) is 0 Å². The maximum Gasteiger partial charge on any atom is 0.337 e. The molecule has 0 radical (unpaired) electrons. The highest BCUT2D eigenvalue weighted by atomic mass is 16.5. The van der Waals surface area contributed by atoms with E-state index in [2.05, 4.69) is 4.74 Å². The highest BCUT2D eigenvalue weighted by Crippen LogP contribution is 2.16. The Balaban J connectivity index is 2.91. The first-order valence-corrected chi connectivity index (χ1v) is 5.38. The molecule has 0 saturated heterocycles. The molecule has 0 fully saturated rings. The second kappa shape index (κ2) is 6.88. The average Bonchev–Trinajstić information content (AvgIpc) is 2.37. The zero-order valence-electron chi connectivity index (χ0n) is 9.80. The minimum atomic E-state index is -0.403. The number of benzene rings is 1. The van der Waals surface area contributed by atoms with Crippen LogP contribution < -0.4 is 4.90 Å². The van der Waals surface area contributed by atoms with Crippen LogP contribution in [0.5, 0.6) is 0 Å². The average molecular weight is 239 g/mol. The molecule has 0 aliphatic carbocycles. The second-order valence-electron chi connectivity index (χ2n) is 3.48. The molecular weight excluding hydrogens is 222 g/mol. The first-order valence-electron chi connectivity index (χ1n) is 5.38. The predicted molar refractivity (Wildman–Crippen MR) is 64.2 cm³/mol. The number of nitrogens with zero attached hydrogens (tertiary/aromatic N) is 1. The number of aliphatic hydroxyl groups excluding tert-OH is 2. The molecule has 1 aromatic carbocycles. The number of carbonyl (C=O) groups excluding carboxylic acids is 1. The molecule has 2 N–H and O–H groups in total. The van der Waals surface area contributed by atoms with Gasteiger partial charge in [0.15, 0.2) is 0 Å². The van der Waals surface area contributed by atoms with Crippen molar-refractivity contribution >= 4 is 11.7 Å². The van der Waals surface area contributed by atoms with Crippen molar-refractivity contribution in [2.75, 3.05) is 38.3 Å². The number of aliphatic hydroxyl groups is 2. The van der Waals surface area contributed by atoms with E-state index in [0.29, 0.717) is 18.7 Å². The quantitative estimate of drug-likeness (QED) is 0.697. The molecular formula is C12H17NO4. The molecule has 0 spiro atoms. The summed E-state index contributed by atoms with van der Waals surface area (Å²) in [5.74, 6) is -0.403. The van der Waals surface area contributed by atoms with E-state index < -0.39 is 5.97 Å². The van der Waals surface area contributed by atoms with Gasteiger partial charge in [0.2, 0.25) is 0 Å². The SMILES string of the molecule is COC(=O)c1cccc(N(CCO)CCO)c1. The largest absolute Gasteiger partial charge is 0.465 e. The number of hydrogen-bond acceptors (Lipinski definition) is 5. The predicted octanol–water partition coefficient (Wildman–Crippen LogP) is 0.264. The smallest absolute Gasteiger partial charge is 0.337 e. The Kier molecular flexibility index (Phi) is 5.45. The van der Waals surface area contributed by atoms with Gasteiger partial charge >= 0.3 is 5.97 Å². The van der Waals surface area contributed by atoms with Crippen LogP contribution in [0.15, 0.2) is 24.3 Å². The molecule has 1 aromatic rings. The van der Waals surface area contributed by atoms with E-state index in [9.17, 15) is 4.79 Å². The molecule has 0 aliphatic rings. The van der Waals surface area contributed by atoms with Crippen molar-refractivity contribution in [1.82, 2.24) is 0 Å². The lowest BCUT2D eigenvalue weighted by atomic mass is 10.2. The molecule has 0 saturated carbocycles. The van der Waals surface area contributed by atoms with Crippen LogP contribution in [0.25, 0.3) is 0 Å². The van der Waals surface area contributed by atoms with Crippen LogP contribution in [0.1, 0.15) is 10.4 Å². The highest BCUT2D eigenvalue weighted by molar-refractivity contribution is 5.90. The van der Waals surface area contributed by atoms with Crippen LogP contribution in [0.3, 0.4) is 0 Å². The molecule has 0 unspecified atom stereocenters. The standard InChI is InChI=1S/C12H17NO4/c1-17-12(16)10-3-2-4-11(9-10)13(5-7-14)6-8-15/h2-4,9,14-15H,5-8H2,1H3. The molecule has 0 amide bonds. The third-order valence-electron chi connectivity index (χ3n) is 2.37. The monoisotopic (exact) mass is 239 g/mol. The van der Waals surface area contributed by atoms with Crippen molar-refractivity contribution in [1.29, 1.82) is 0 Å². The van der Waals surface area contributed by atoms with E-state index in [-0.39, 0.29) is 13.2 Å². The van der Waals surface area contributed by atoms with Crippen LogP contribution in [-0.2, 0) is 4.74 Å².